The van der Waals surface area contributed by atoms with E-state index in [1.807, 2.05) is 18.2 Å². The number of carbonyl (C=O) groups is 1. The molecule has 2 heterocycles. The van der Waals surface area contributed by atoms with Gasteiger partial charge in [0.05, 0.1) is 29.2 Å². The molecule has 4 bridgehead atoms. The molecule has 4 saturated carbocycles. The average Bonchev–Trinajstić information content (AvgIpc) is 3.17. The van der Waals surface area contributed by atoms with Crippen molar-refractivity contribution in [2.45, 2.75) is 43.7 Å². The van der Waals surface area contributed by atoms with Crippen molar-refractivity contribution in [3.63, 3.8) is 0 Å². The third-order valence-corrected chi connectivity index (χ3v) is 7.29. The highest BCUT2D eigenvalue weighted by molar-refractivity contribution is 5.97. The van der Waals surface area contributed by atoms with Gasteiger partial charge in [0.1, 0.15) is 0 Å². The van der Waals surface area contributed by atoms with E-state index in [1.54, 1.807) is 12.4 Å². The number of aliphatic hydroxyl groups is 1. The summed E-state index contributed by atoms with van der Waals surface area (Å²) < 4.78 is 0. The molecule has 0 aliphatic heterocycles. The number of rotatable bonds is 3. The normalized spacial score (nSPS) is 31.9. The highest BCUT2D eigenvalue weighted by Crippen LogP contribution is 2.55. The Kier molecular flexibility index (Phi) is 3.71. The molecule has 0 saturated heterocycles. The number of aromatic amines is 1. The Balaban J connectivity index is 1.27. The fraction of sp³-hybridized carbons (Fsp3) is 0.455. The lowest BCUT2D eigenvalue weighted by Gasteiger charge is -2.58. The second kappa shape index (κ2) is 6.25. The van der Waals surface area contributed by atoms with Gasteiger partial charge in [-0.25, -0.2) is 9.97 Å². The number of fused-ring (bicyclic) bond motifs is 1. The van der Waals surface area contributed by atoms with Gasteiger partial charge in [0.2, 0.25) is 0 Å². The Hall–Kier alpha value is -3.00. The summed E-state index contributed by atoms with van der Waals surface area (Å²) in [5.74, 6) is 1.09. The summed E-state index contributed by atoms with van der Waals surface area (Å²) >= 11 is 0. The van der Waals surface area contributed by atoms with Crippen LogP contribution in [0, 0.1) is 17.8 Å². The maximum atomic E-state index is 13.1. The zero-order chi connectivity index (χ0) is 20.5. The number of nitrogens with two attached hydrogens (primary N) is 1. The van der Waals surface area contributed by atoms with E-state index in [0.29, 0.717) is 23.4 Å². The Morgan fingerprint density at radius 3 is 2.77 bits per heavy atom. The molecule has 4 aliphatic rings. The van der Waals surface area contributed by atoms with Crippen molar-refractivity contribution in [2.75, 3.05) is 5.73 Å². The van der Waals surface area contributed by atoms with Crippen LogP contribution in [0.2, 0.25) is 0 Å². The van der Waals surface area contributed by atoms with Gasteiger partial charge in [0.15, 0.2) is 11.5 Å². The highest BCUT2D eigenvalue weighted by Gasteiger charge is 2.55. The smallest absolute Gasteiger partial charge is 0.273 e. The first-order chi connectivity index (χ1) is 14.5. The van der Waals surface area contributed by atoms with Gasteiger partial charge in [-0.15, -0.1) is 0 Å². The molecule has 7 rings (SSSR count). The molecule has 0 radical (unpaired) electrons. The number of aromatic nitrogens is 4. The minimum atomic E-state index is -0.526. The molecule has 2 unspecified atom stereocenters. The van der Waals surface area contributed by atoms with Crippen molar-refractivity contribution >= 4 is 22.6 Å². The molecule has 1 aromatic carbocycles. The van der Waals surface area contributed by atoms with Gasteiger partial charge in [0, 0.05) is 17.0 Å². The lowest BCUT2D eigenvalue weighted by atomic mass is 9.52. The summed E-state index contributed by atoms with van der Waals surface area (Å²) in [5.41, 5.74) is 8.04. The first-order valence-electron chi connectivity index (χ1n) is 10.6. The molecule has 8 nitrogen and oxygen atoms in total. The molecule has 4 fully saturated rings. The van der Waals surface area contributed by atoms with Crippen LogP contribution < -0.4 is 11.1 Å². The largest absolute Gasteiger partial charge is 0.390 e. The lowest BCUT2D eigenvalue weighted by Crippen LogP contribution is -2.61. The first kappa shape index (κ1) is 17.8. The highest BCUT2D eigenvalue weighted by atomic mass is 16.3. The van der Waals surface area contributed by atoms with Gasteiger partial charge in [-0.05, 0) is 62.0 Å². The minimum absolute atomic E-state index is 0.0708. The van der Waals surface area contributed by atoms with Crippen molar-refractivity contribution in [3.05, 3.63) is 36.3 Å². The molecule has 4 aliphatic carbocycles. The van der Waals surface area contributed by atoms with E-state index in [0.717, 1.165) is 48.6 Å². The lowest BCUT2D eigenvalue weighted by molar-refractivity contribution is -0.136. The zero-order valence-electron chi connectivity index (χ0n) is 16.5. The number of H-pyrrole nitrogens is 1. The zero-order valence-corrected chi connectivity index (χ0v) is 16.5. The van der Waals surface area contributed by atoms with Crippen molar-refractivity contribution in [3.8, 4) is 11.3 Å². The number of hydrogen-bond acceptors (Lipinski definition) is 6. The topological polar surface area (TPSA) is 130 Å². The van der Waals surface area contributed by atoms with Gasteiger partial charge in [-0.2, -0.15) is 5.10 Å². The molecule has 2 atom stereocenters. The Morgan fingerprint density at radius 1 is 1.20 bits per heavy atom. The van der Waals surface area contributed by atoms with Crippen LogP contribution in [-0.2, 0) is 0 Å². The molecule has 0 spiro atoms. The first-order valence-corrected chi connectivity index (χ1v) is 10.6. The predicted octanol–water partition coefficient (Wildman–Crippen LogP) is 2.27. The van der Waals surface area contributed by atoms with Crippen molar-refractivity contribution < 1.29 is 9.90 Å². The summed E-state index contributed by atoms with van der Waals surface area (Å²) in [6.07, 6.45) is 7.96. The van der Waals surface area contributed by atoms with Crippen molar-refractivity contribution in [1.82, 2.24) is 25.5 Å². The number of nitrogen functional groups attached to an aromatic ring is 1. The van der Waals surface area contributed by atoms with Gasteiger partial charge in [-0.1, -0.05) is 6.07 Å². The van der Waals surface area contributed by atoms with E-state index < -0.39 is 5.60 Å². The van der Waals surface area contributed by atoms with Gasteiger partial charge < -0.3 is 16.2 Å². The van der Waals surface area contributed by atoms with E-state index in [1.165, 1.54) is 0 Å². The van der Waals surface area contributed by atoms with E-state index in [9.17, 15) is 9.90 Å². The summed E-state index contributed by atoms with van der Waals surface area (Å²) in [6, 6.07) is 5.87. The molecular formula is C22H24N6O2. The van der Waals surface area contributed by atoms with Crippen LogP contribution >= 0.6 is 0 Å². The molecule has 3 aromatic rings. The Morgan fingerprint density at radius 2 is 2.00 bits per heavy atom. The maximum absolute atomic E-state index is 13.1. The van der Waals surface area contributed by atoms with E-state index in [4.69, 9.17) is 5.73 Å². The summed E-state index contributed by atoms with van der Waals surface area (Å²) in [4.78, 5) is 21.9. The monoisotopic (exact) mass is 404 g/mol. The number of amides is 1. The van der Waals surface area contributed by atoms with Gasteiger partial charge >= 0.3 is 0 Å². The van der Waals surface area contributed by atoms with E-state index in [-0.39, 0.29) is 23.5 Å². The van der Waals surface area contributed by atoms with E-state index >= 15 is 0 Å². The Labute approximate surface area is 173 Å². The van der Waals surface area contributed by atoms with Gasteiger partial charge in [0.25, 0.3) is 5.91 Å². The summed E-state index contributed by atoms with van der Waals surface area (Å²) in [5, 5.41) is 21.9. The molecule has 30 heavy (non-hydrogen) atoms. The average molecular weight is 404 g/mol. The van der Waals surface area contributed by atoms with Crippen LogP contribution in [0.15, 0.2) is 30.6 Å². The van der Waals surface area contributed by atoms with Gasteiger partial charge in [-0.3, -0.25) is 9.89 Å². The third kappa shape index (κ3) is 2.78. The fourth-order valence-electron chi connectivity index (χ4n) is 6.24. The summed E-state index contributed by atoms with van der Waals surface area (Å²) in [6.45, 7) is 0. The Bertz CT molecular complexity index is 1140. The number of benzene rings is 1. The number of hydrogen-bond donors (Lipinski definition) is 4. The fourth-order valence-corrected chi connectivity index (χ4v) is 6.24. The minimum Gasteiger partial charge on any atom is -0.390 e. The van der Waals surface area contributed by atoms with Crippen LogP contribution in [0.25, 0.3) is 22.2 Å². The molecule has 1 amide bonds. The SMILES string of the molecule is Nc1ncc(-c2ccc3[nH]ncc3c2)nc1C(=O)NC1C2CC3CC1CC(O)(C3)C2. The standard InChI is InChI=1S/C22H24N6O2/c23-20-19(26-17(10-24-20)12-1-2-16-15(5-12)9-25-28-16)21(29)27-18-13-3-11-4-14(18)8-22(30,6-11)7-13/h1-2,5,9-11,13-14,18,30H,3-4,6-8H2,(H2,23,24)(H,25,28)(H,27,29). The number of carbonyl (C=O) groups excluding carboxylic acids is 1. The maximum Gasteiger partial charge on any atom is 0.273 e. The van der Waals surface area contributed by atoms with Crippen LogP contribution in [0.4, 0.5) is 5.82 Å². The molecule has 8 heteroatoms. The van der Waals surface area contributed by atoms with Crippen LogP contribution in [0.3, 0.4) is 0 Å². The van der Waals surface area contributed by atoms with Crippen LogP contribution in [0.1, 0.15) is 42.6 Å². The van der Waals surface area contributed by atoms with Crippen LogP contribution in [-0.4, -0.2) is 42.8 Å². The van der Waals surface area contributed by atoms with E-state index in [2.05, 4.69) is 25.5 Å². The summed E-state index contributed by atoms with van der Waals surface area (Å²) in [7, 11) is 0. The number of anilines is 1. The quantitative estimate of drug-likeness (QED) is 0.530. The molecule has 154 valence electrons. The predicted molar refractivity (Wildman–Crippen MR) is 111 cm³/mol. The van der Waals surface area contributed by atoms with Crippen molar-refractivity contribution in [1.29, 1.82) is 0 Å². The van der Waals surface area contributed by atoms with Crippen molar-refractivity contribution in [2.24, 2.45) is 17.8 Å². The number of nitrogens with one attached hydrogen (secondary N) is 2. The second-order valence-electron chi connectivity index (χ2n) is 9.35. The second-order valence-corrected chi connectivity index (χ2v) is 9.35. The molecular weight excluding hydrogens is 380 g/mol. The number of nitrogens with zero attached hydrogens (tertiary/aromatic N) is 3. The van der Waals surface area contributed by atoms with Crippen LogP contribution in [0.5, 0.6) is 0 Å². The third-order valence-electron chi connectivity index (χ3n) is 7.29. The molecule has 2 aromatic heterocycles. The molecule has 5 N–H and O–H groups in total.